The maximum absolute atomic E-state index is 6.16. The van der Waals surface area contributed by atoms with Crippen LogP contribution in [-0.4, -0.2) is 0 Å². The third kappa shape index (κ3) is 2.87. The fraction of sp³-hybridized carbons (Fsp3) is 0.167. The summed E-state index contributed by atoms with van der Waals surface area (Å²) in [5.74, 6) is 0.915. The smallest absolute Gasteiger partial charge is 0.105 e. The van der Waals surface area contributed by atoms with Gasteiger partial charge in [-0.2, -0.15) is 0 Å². The van der Waals surface area contributed by atoms with E-state index in [0.717, 1.165) is 15.8 Å². The lowest BCUT2D eigenvalue weighted by molar-refractivity contribution is 0.488. The molecule has 0 aliphatic heterocycles. The van der Waals surface area contributed by atoms with Crippen molar-refractivity contribution in [2.45, 2.75) is 12.5 Å². The van der Waals surface area contributed by atoms with Gasteiger partial charge in [0.15, 0.2) is 0 Å². The minimum absolute atomic E-state index is 0.0461. The summed E-state index contributed by atoms with van der Waals surface area (Å²) in [4.78, 5) is 0. The molecule has 16 heavy (non-hydrogen) atoms. The van der Waals surface area contributed by atoms with Crippen LogP contribution in [0.2, 0.25) is 0 Å². The Bertz CT molecular complexity index is 470. The highest BCUT2D eigenvalue weighted by molar-refractivity contribution is 14.1. The van der Waals surface area contributed by atoms with Crippen molar-refractivity contribution in [1.82, 2.24) is 0 Å². The van der Waals surface area contributed by atoms with Crippen LogP contribution in [0, 0.1) is 3.57 Å². The lowest BCUT2D eigenvalue weighted by Crippen LogP contribution is -2.13. The summed E-state index contributed by atoms with van der Waals surface area (Å²) in [5, 5.41) is 0. The predicted octanol–water partition coefficient (Wildman–Crippen LogP) is 3.89. The average Bonchev–Trinajstić information content (AvgIpc) is 2.74. The predicted molar refractivity (Wildman–Crippen MR) is 76.2 cm³/mol. The summed E-state index contributed by atoms with van der Waals surface area (Å²) < 4.78 is 7.53. The summed E-state index contributed by atoms with van der Waals surface area (Å²) in [7, 11) is 0. The Balaban J connectivity index is 2.20. The molecule has 1 atom stereocenters. The molecule has 2 rings (SSSR count). The second-order valence-corrected chi connectivity index (χ2v) is 5.66. The first-order chi connectivity index (χ1) is 7.66. The Labute approximate surface area is 116 Å². The molecule has 2 nitrogen and oxygen atoms in total. The van der Waals surface area contributed by atoms with E-state index in [0.29, 0.717) is 6.42 Å². The average molecular weight is 392 g/mol. The highest BCUT2D eigenvalue weighted by Gasteiger charge is 2.12. The van der Waals surface area contributed by atoms with E-state index in [2.05, 4.69) is 44.6 Å². The van der Waals surface area contributed by atoms with Gasteiger partial charge in [-0.25, -0.2) is 0 Å². The van der Waals surface area contributed by atoms with Gasteiger partial charge in [0.2, 0.25) is 0 Å². The molecule has 0 aliphatic carbocycles. The van der Waals surface area contributed by atoms with E-state index in [-0.39, 0.29) is 6.04 Å². The quantitative estimate of drug-likeness (QED) is 0.806. The lowest BCUT2D eigenvalue weighted by Gasteiger charge is -2.13. The highest BCUT2D eigenvalue weighted by atomic mass is 127. The monoisotopic (exact) mass is 391 g/mol. The number of hydrogen-bond donors (Lipinski definition) is 1. The van der Waals surface area contributed by atoms with Gasteiger partial charge in [0, 0.05) is 20.5 Å². The van der Waals surface area contributed by atoms with Gasteiger partial charge in [-0.3, -0.25) is 0 Å². The Morgan fingerprint density at radius 2 is 2.19 bits per heavy atom. The number of rotatable bonds is 3. The molecule has 0 amide bonds. The van der Waals surface area contributed by atoms with E-state index < -0.39 is 0 Å². The number of hydrogen-bond acceptors (Lipinski definition) is 2. The summed E-state index contributed by atoms with van der Waals surface area (Å²) >= 11 is 5.81. The summed E-state index contributed by atoms with van der Waals surface area (Å²) in [6.45, 7) is 0. The van der Waals surface area contributed by atoms with E-state index in [1.807, 2.05) is 24.3 Å². The van der Waals surface area contributed by atoms with Gasteiger partial charge in [0.25, 0.3) is 0 Å². The van der Waals surface area contributed by atoms with Crippen LogP contribution in [0.25, 0.3) is 0 Å². The van der Waals surface area contributed by atoms with Gasteiger partial charge in [0.1, 0.15) is 5.76 Å². The van der Waals surface area contributed by atoms with Gasteiger partial charge in [-0.15, -0.1) is 0 Å². The number of halogens is 2. The summed E-state index contributed by atoms with van der Waals surface area (Å²) in [6.07, 6.45) is 2.39. The van der Waals surface area contributed by atoms with E-state index >= 15 is 0 Å². The minimum atomic E-state index is -0.0461. The topological polar surface area (TPSA) is 39.2 Å². The molecule has 0 fully saturated rings. The number of benzene rings is 1. The van der Waals surface area contributed by atoms with Crippen molar-refractivity contribution in [3.8, 4) is 0 Å². The van der Waals surface area contributed by atoms with Crippen LogP contribution in [0.1, 0.15) is 17.4 Å². The van der Waals surface area contributed by atoms with E-state index in [9.17, 15) is 0 Å². The van der Waals surface area contributed by atoms with Crippen molar-refractivity contribution in [2.24, 2.45) is 5.73 Å². The van der Waals surface area contributed by atoms with Crippen LogP contribution in [0.3, 0.4) is 0 Å². The molecule has 1 aromatic carbocycles. The molecule has 84 valence electrons. The molecule has 0 radical (unpaired) electrons. The molecule has 0 spiro atoms. The Kier molecular flexibility index (Phi) is 4.05. The van der Waals surface area contributed by atoms with Crippen molar-refractivity contribution < 1.29 is 4.42 Å². The van der Waals surface area contributed by atoms with Crippen molar-refractivity contribution in [3.05, 3.63) is 56.0 Å². The fourth-order valence-corrected chi connectivity index (χ4v) is 2.61. The summed E-state index contributed by atoms with van der Waals surface area (Å²) in [6, 6.07) is 9.95. The van der Waals surface area contributed by atoms with Crippen LogP contribution >= 0.6 is 38.5 Å². The Morgan fingerprint density at radius 1 is 1.38 bits per heavy atom. The standard InChI is InChI=1S/C12H11BrINO/c13-11-4-3-8(14)6-10(11)12(15)7-9-2-1-5-16-9/h1-6,12H,7,15H2. The van der Waals surface area contributed by atoms with Gasteiger partial charge >= 0.3 is 0 Å². The molecule has 4 heteroatoms. The molecular weight excluding hydrogens is 381 g/mol. The van der Waals surface area contributed by atoms with Crippen LogP contribution in [-0.2, 0) is 6.42 Å². The highest BCUT2D eigenvalue weighted by Crippen LogP contribution is 2.26. The van der Waals surface area contributed by atoms with Gasteiger partial charge in [0.05, 0.1) is 6.26 Å². The minimum Gasteiger partial charge on any atom is -0.469 e. The van der Waals surface area contributed by atoms with Crippen LogP contribution in [0.15, 0.2) is 45.5 Å². The molecule has 1 aromatic heterocycles. The molecular formula is C12H11BrINO. The molecule has 0 saturated heterocycles. The van der Waals surface area contributed by atoms with Crippen molar-refractivity contribution in [3.63, 3.8) is 0 Å². The zero-order chi connectivity index (χ0) is 11.5. The number of nitrogens with two attached hydrogens (primary N) is 1. The first-order valence-corrected chi connectivity index (χ1v) is 6.77. The van der Waals surface area contributed by atoms with E-state index in [4.69, 9.17) is 10.2 Å². The van der Waals surface area contributed by atoms with Gasteiger partial charge in [-0.05, 0) is 58.5 Å². The molecule has 0 saturated carbocycles. The molecule has 2 aromatic rings. The second-order valence-electron chi connectivity index (χ2n) is 3.56. The molecule has 0 aliphatic rings. The third-order valence-electron chi connectivity index (χ3n) is 2.36. The summed E-state index contributed by atoms with van der Waals surface area (Å²) in [5.41, 5.74) is 7.28. The largest absolute Gasteiger partial charge is 0.469 e. The van der Waals surface area contributed by atoms with Crippen LogP contribution in [0.5, 0.6) is 0 Å². The van der Waals surface area contributed by atoms with Gasteiger partial charge in [-0.1, -0.05) is 15.9 Å². The van der Waals surface area contributed by atoms with Gasteiger partial charge < -0.3 is 10.2 Å². The molecule has 1 heterocycles. The molecule has 0 bridgehead atoms. The lowest BCUT2D eigenvalue weighted by atomic mass is 10.0. The Morgan fingerprint density at radius 3 is 2.88 bits per heavy atom. The van der Waals surface area contributed by atoms with Crippen LogP contribution < -0.4 is 5.73 Å². The maximum atomic E-state index is 6.16. The normalized spacial score (nSPS) is 12.7. The Hall–Kier alpha value is -0.330. The van der Waals surface area contributed by atoms with Crippen molar-refractivity contribution in [1.29, 1.82) is 0 Å². The number of furan rings is 1. The molecule has 2 N–H and O–H groups in total. The van der Waals surface area contributed by atoms with Crippen molar-refractivity contribution >= 4 is 38.5 Å². The SMILES string of the molecule is NC(Cc1ccco1)c1cc(I)ccc1Br. The second kappa shape index (κ2) is 5.33. The van der Waals surface area contributed by atoms with E-state index in [1.54, 1.807) is 6.26 Å². The first-order valence-electron chi connectivity index (χ1n) is 4.89. The van der Waals surface area contributed by atoms with Crippen LogP contribution in [0.4, 0.5) is 0 Å². The zero-order valence-electron chi connectivity index (χ0n) is 8.49. The maximum Gasteiger partial charge on any atom is 0.105 e. The third-order valence-corrected chi connectivity index (χ3v) is 3.75. The molecule has 1 unspecified atom stereocenters. The zero-order valence-corrected chi connectivity index (χ0v) is 12.2. The van der Waals surface area contributed by atoms with E-state index in [1.165, 1.54) is 3.57 Å². The fourth-order valence-electron chi connectivity index (χ4n) is 1.55. The first kappa shape index (κ1) is 12.1. The van der Waals surface area contributed by atoms with Crippen molar-refractivity contribution in [2.75, 3.05) is 0 Å².